The van der Waals surface area contributed by atoms with Gasteiger partial charge in [-0.2, -0.15) is 0 Å². The number of amides is 2. The average molecular weight is 304 g/mol. The Kier molecular flexibility index (Phi) is 4.94. The first-order valence-electron chi connectivity index (χ1n) is 6.43. The molecule has 5 nitrogen and oxygen atoms in total. The van der Waals surface area contributed by atoms with E-state index in [4.69, 9.17) is 5.11 Å². The molecule has 0 saturated heterocycles. The summed E-state index contributed by atoms with van der Waals surface area (Å²) in [4.78, 5) is 23.7. The first-order chi connectivity index (χ1) is 10.1. The third-order valence-corrected chi connectivity index (χ3v) is 4.03. The van der Waals surface area contributed by atoms with Crippen LogP contribution in [0.4, 0.5) is 4.79 Å². The number of aromatic carboxylic acids is 1. The van der Waals surface area contributed by atoms with Gasteiger partial charge in [0.15, 0.2) is 0 Å². The largest absolute Gasteiger partial charge is 0.478 e. The number of nitrogens with one attached hydrogen (secondary N) is 2. The summed E-state index contributed by atoms with van der Waals surface area (Å²) < 4.78 is 0. The molecular formula is C15H16N2O3S. The topological polar surface area (TPSA) is 78.4 Å². The minimum Gasteiger partial charge on any atom is -0.478 e. The van der Waals surface area contributed by atoms with Crippen LogP contribution in [-0.4, -0.2) is 17.1 Å². The van der Waals surface area contributed by atoms with Gasteiger partial charge in [0.2, 0.25) is 0 Å². The minimum absolute atomic E-state index is 0.212. The summed E-state index contributed by atoms with van der Waals surface area (Å²) >= 11 is 1.60. The maximum atomic E-state index is 11.7. The summed E-state index contributed by atoms with van der Waals surface area (Å²) in [5.41, 5.74) is 2.12. The van der Waals surface area contributed by atoms with Crippen molar-refractivity contribution in [2.75, 3.05) is 0 Å². The summed E-state index contributed by atoms with van der Waals surface area (Å²) in [6.45, 7) is 2.78. The van der Waals surface area contributed by atoms with Gasteiger partial charge in [-0.3, -0.25) is 0 Å². The second kappa shape index (κ2) is 6.90. The third-order valence-electron chi connectivity index (χ3n) is 3.00. The number of thiophene rings is 1. The molecule has 0 bridgehead atoms. The molecule has 110 valence electrons. The van der Waals surface area contributed by atoms with Crippen LogP contribution >= 0.6 is 11.3 Å². The lowest BCUT2D eigenvalue weighted by molar-refractivity contribution is 0.0696. The molecule has 1 aromatic carbocycles. The number of rotatable bonds is 5. The maximum Gasteiger partial charge on any atom is 0.335 e. The fourth-order valence-electron chi connectivity index (χ4n) is 1.80. The lowest BCUT2D eigenvalue weighted by Crippen LogP contribution is -2.34. The van der Waals surface area contributed by atoms with Crippen molar-refractivity contribution >= 4 is 23.3 Å². The SMILES string of the molecule is Cc1ccsc1CNC(=O)NCc1cccc(C(=O)O)c1. The molecule has 0 aliphatic carbocycles. The van der Waals surface area contributed by atoms with Crippen molar-refractivity contribution in [3.63, 3.8) is 0 Å². The van der Waals surface area contributed by atoms with Gasteiger partial charge in [0.25, 0.3) is 0 Å². The molecule has 0 fully saturated rings. The molecular weight excluding hydrogens is 288 g/mol. The van der Waals surface area contributed by atoms with Crippen LogP contribution in [0.5, 0.6) is 0 Å². The fraction of sp³-hybridized carbons (Fsp3) is 0.200. The highest BCUT2D eigenvalue weighted by atomic mass is 32.1. The van der Waals surface area contributed by atoms with Gasteiger partial charge in [-0.25, -0.2) is 9.59 Å². The van der Waals surface area contributed by atoms with Crippen LogP contribution in [0.15, 0.2) is 35.7 Å². The van der Waals surface area contributed by atoms with E-state index in [2.05, 4.69) is 10.6 Å². The van der Waals surface area contributed by atoms with E-state index in [1.807, 2.05) is 18.4 Å². The van der Waals surface area contributed by atoms with Crippen molar-refractivity contribution < 1.29 is 14.7 Å². The Morgan fingerprint density at radius 2 is 1.95 bits per heavy atom. The fourth-order valence-corrected chi connectivity index (χ4v) is 2.65. The van der Waals surface area contributed by atoms with Gasteiger partial charge >= 0.3 is 12.0 Å². The molecule has 0 unspecified atom stereocenters. The molecule has 2 rings (SSSR count). The van der Waals surface area contributed by atoms with Crippen molar-refractivity contribution in [2.45, 2.75) is 20.0 Å². The van der Waals surface area contributed by atoms with Gasteiger partial charge in [-0.1, -0.05) is 12.1 Å². The Balaban J connectivity index is 1.82. The van der Waals surface area contributed by atoms with Crippen molar-refractivity contribution in [3.05, 3.63) is 57.3 Å². The lowest BCUT2D eigenvalue weighted by Gasteiger charge is -2.08. The second-order valence-corrected chi connectivity index (χ2v) is 5.57. The van der Waals surface area contributed by atoms with Gasteiger partial charge < -0.3 is 15.7 Å². The smallest absolute Gasteiger partial charge is 0.335 e. The number of aryl methyl sites for hydroxylation is 1. The van der Waals surface area contributed by atoms with Crippen LogP contribution in [0.3, 0.4) is 0 Å². The summed E-state index contributed by atoms with van der Waals surface area (Å²) in [6.07, 6.45) is 0. The van der Waals surface area contributed by atoms with Crippen LogP contribution in [0.2, 0.25) is 0 Å². The van der Waals surface area contributed by atoms with E-state index in [9.17, 15) is 9.59 Å². The quantitative estimate of drug-likeness (QED) is 0.794. The van der Waals surface area contributed by atoms with Gasteiger partial charge in [0.05, 0.1) is 12.1 Å². The van der Waals surface area contributed by atoms with E-state index < -0.39 is 5.97 Å². The Morgan fingerprint density at radius 1 is 1.19 bits per heavy atom. The molecule has 2 aromatic rings. The molecule has 0 aliphatic heterocycles. The zero-order valence-electron chi connectivity index (χ0n) is 11.6. The summed E-state index contributed by atoms with van der Waals surface area (Å²) in [7, 11) is 0. The Hall–Kier alpha value is -2.34. The van der Waals surface area contributed by atoms with Crippen molar-refractivity contribution in [2.24, 2.45) is 0 Å². The van der Waals surface area contributed by atoms with Gasteiger partial charge in [0, 0.05) is 11.4 Å². The number of urea groups is 1. The number of carbonyl (C=O) groups is 2. The van der Waals surface area contributed by atoms with Gasteiger partial charge in [-0.05, 0) is 41.6 Å². The highest BCUT2D eigenvalue weighted by Crippen LogP contribution is 2.14. The number of benzene rings is 1. The average Bonchev–Trinajstić information content (AvgIpc) is 2.88. The first kappa shape index (κ1) is 15.1. The molecule has 0 saturated carbocycles. The molecule has 21 heavy (non-hydrogen) atoms. The molecule has 0 atom stereocenters. The summed E-state index contributed by atoms with van der Waals surface area (Å²) in [5, 5.41) is 16.4. The van der Waals surface area contributed by atoms with E-state index in [1.165, 1.54) is 6.07 Å². The van der Waals surface area contributed by atoms with Gasteiger partial charge in [-0.15, -0.1) is 11.3 Å². The molecule has 6 heteroatoms. The predicted octanol–water partition coefficient (Wildman–Crippen LogP) is 2.75. The summed E-state index contributed by atoms with van der Waals surface area (Å²) in [5.74, 6) is -0.977. The maximum absolute atomic E-state index is 11.7. The number of carboxylic acid groups (broad SMARTS) is 1. The van der Waals surface area contributed by atoms with Crippen LogP contribution in [-0.2, 0) is 13.1 Å². The first-order valence-corrected chi connectivity index (χ1v) is 7.31. The van der Waals surface area contributed by atoms with Crippen molar-refractivity contribution in [3.8, 4) is 0 Å². The van der Waals surface area contributed by atoms with Crippen molar-refractivity contribution in [1.82, 2.24) is 10.6 Å². The number of carbonyl (C=O) groups excluding carboxylic acids is 1. The zero-order chi connectivity index (χ0) is 15.2. The van der Waals surface area contributed by atoms with Crippen LogP contribution in [0.25, 0.3) is 0 Å². The number of hydrogen-bond acceptors (Lipinski definition) is 3. The van der Waals surface area contributed by atoms with Gasteiger partial charge in [0.1, 0.15) is 0 Å². The third kappa shape index (κ3) is 4.32. The second-order valence-electron chi connectivity index (χ2n) is 4.57. The molecule has 1 heterocycles. The highest BCUT2D eigenvalue weighted by Gasteiger charge is 2.06. The number of hydrogen-bond donors (Lipinski definition) is 3. The molecule has 3 N–H and O–H groups in total. The normalized spacial score (nSPS) is 10.1. The molecule has 2 amide bonds. The zero-order valence-corrected chi connectivity index (χ0v) is 12.4. The monoisotopic (exact) mass is 304 g/mol. The molecule has 0 radical (unpaired) electrons. The standard InChI is InChI=1S/C15H16N2O3S/c1-10-5-6-21-13(10)9-17-15(20)16-8-11-3-2-4-12(7-11)14(18)19/h2-7H,8-9H2,1H3,(H,18,19)(H2,16,17,20). The van der Waals surface area contributed by atoms with Crippen LogP contribution < -0.4 is 10.6 Å². The minimum atomic E-state index is -0.977. The lowest BCUT2D eigenvalue weighted by atomic mass is 10.1. The Labute approximate surface area is 126 Å². The molecule has 0 aliphatic rings. The molecule has 1 aromatic heterocycles. The number of carboxylic acids is 1. The van der Waals surface area contributed by atoms with E-state index in [0.717, 1.165) is 16.0 Å². The highest BCUT2D eigenvalue weighted by molar-refractivity contribution is 7.10. The van der Waals surface area contributed by atoms with Crippen LogP contribution in [0, 0.1) is 6.92 Å². The van der Waals surface area contributed by atoms with Crippen LogP contribution in [0.1, 0.15) is 26.4 Å². The van der Waals surface area contributed by atoms with E-state index in [1.54, 1.807) is 29.5 Å². The Morgan fingerprint density at radius 3 is 2.62 bits per heavy atom. The van der Waals surface area contributed by atoms with E-state index in [0.29, 0.717) is 6.54 Å². The van der Waals surface area contributed by atoms with Crippen molar-refractivity contribution in [1.29, 1.82) is 0 Å². The Bertz CT molecular complexity index is 652. The van der Waals surface area contributed by atoms with E-state index in [-0.39, 0.29) is 18.1 Å². The summed E-state index contributed by atoms with van der Waals surface area (Å²) in [6, 6.07) is 8.24. The van der Waals surface area contributed by atoms with E-state index >= 15 is 0 Å². The molecule has 0 spiro atoms. The predicted molar refractivity (Wildman–Crippen MR) is 81.5 cm³/mol.